The Morgan fingerprint density at radius 3 is 2.31 bits per heavy atom. The summed E-state index contributed by atoms with van der Waals surface area (Å²) in [6, 6.07) is 10.2. The van der Waals surface area contributed by atoms with Gasteiger partial charge in [-0.3, -0.25) is 24.3 Å². The van der Waals surface area contributed by atoms with Gasteiger partial charge in [0, 0.05) is 47.1 Å². The van der Waals surface area contributed by atoms with Crippen molar-refractivity contribution >= 4 is 84.5 Å². The number of nitrogens with zero attached hydrogens (tertiary/aromatic N) is 5. The lowest BCUT2D eigenvalue weighted by atomic mass is 9.92. The molecule has 13 nitrogen and oxygen atoms in total. The van der Waals surface area contributed by atoms with E-state index in [1.807, 2.05) is 24.3 Å². The third-order valence-electron chi connectivity index (χ3n) is 8.04. The van der Waals surface area contributed by atoms with E-state index in [0.29, 0.717) is 15.7 Å². The second-order valence-electron chi connectivity index (χ2n) is 11.1. The van der Waals surface area contributed by atoms with Gasteiger partial charge in [-0.1, -0.05) is 51.3 Å². The van der Waals surface area contributed by atoms with Crippen LogP contribution in [0.5, 0.6) is 0 Å². The average molecular weight is 739 g/mol. The fraction of sp³-hybridized carbons (Fsp3) is 0.321. The van der Waals surface area contributed by atoms with Gasteiger partial charge >= 0.3 is 6.03 Å². The molecular formula is C28H26BrCl2N7O6S. The molecule has 5 amide bonds. The summed E-state index contributed by atoms with van der Waals surface area (Å²) in [6.45, 7) is 1.64. The van der Waals surface area contributed by atoms with Gasteiger partial charge < -0.3 is 10.2 Å². The van der Waals surface area contributed by atoms with Crippen molar-refractivity contribution in [1.29, 1.82) is 0 Å². The number of nitrogens with one attached hydrogen (secondary N) is 2. The first-order chi connectivity index (χ1) is 21.3. The predicted octanol–water partition coefficient (Wildman–Crippen LogP) is 3.02. The van der Waals surface area contributed by atoms with Crippen molar-refractivity contribution < 1.29 is 27.6 Å². The number of carbonyl (C=O) groups is 4. The van der Waals surface area contributed by atoms with Crippen LogP contribution < -0.4 is 15.5 Å². The summed E-state index contributed by atoms with van der Waals surface area (Å²) in [4.78, 5) is 57.9. The van der Waals surface area contributed by atoms with Crippen molar-refractivity contribution in [3.63, 3.8) is 0 Å². The van der Waals surface area contributed by atoms with Gasteiger partial charge in [-0.15, -0.1) is 0 Å². The second kappa shape index (κ2) is 11.7. The largest absolute Gasteiger partial charge is 0.338 e. The fourth-order valence-electron chi connectivity index (χ4n) is 5.87. The molecule has 4 heterocycles. The van der Waals surface area contributed by atoms with E-state index in [1.54, 1.807) is 19.1 Å². The molecule has 0 unspecified atom stereocenters. The van der Waals surface area contributed by atoms with Crippen molar-refractivity contribution in [2.24, 2.45) is 0 Å². The molecule has 236 valence electrons. The summed E-state index contributed by atoms with van der Waals surface area (Å²) in [5.74, 6) is -1.36. The topological polar surface area (TPSA) is 154 Å². The fourth-order valence-corrected chi connectivity index (χ4v) is 8.26. The van der Waals surface area contributed by atoms with Crippen LogP contribution >= 0.6 is 39.1 Å². The number of piperazine rings is 1. The smallest absolute Gasteiger partial charge is 0.322 e. The van der Waals surface area contributed by atoms with E-state index in [2.05, 4.69) is 31.5 Å². The number of anilines is 2. The summed E-state index contributed by atoms with van der Waals surface area (Å²) >= 11 is 16.0. The number of carbonyl (C=O) groups excluding carboxylic acids is 4. The Hall–Kier alpha value is -3.50. The number of hydrogen-bond donors (Lipinski definition) is 2. The number of hydrogen-bond acceptors (Lipinski definition) is 7. The number of halogens is 3. The van der Waals surface area contributed by atoms with Gasteiger partial charge in [0.15, 0.2) is 5.03 Å². The number of amides is 5. The molecular weight excluding hydrogens is 713 g/mol. The van der Waals surface area contributed by atoms with E-state index in [0.717, 1.165) is 10.0 Å². The molecule has 2 atom stereocenters. The highest BCUT2D eigenvalue weighted by atomic mass is 79.9. The Morgan fingerprint density at radius 1 is 1.04 bits per heavy atom. The molecule has 0 spiro atoms. The lowest BCUT2D eigenvalue weighted by molar-refractivity contribution is -0.137. The molecule has 2 aromatic carbocycles. The Morgan fingerprint density at radius 2 is 1.69 bits per heavy atom. The molecule has 17 heteroatoms. The van der Waals surface area contributed by atoms with Gasteiger partial charge in [-0.25, -0.2) is 23.1 Å². The van der Waals surface area contributed by atoms with E-state index in [-0.39, 0.29) is 50.0 Å². The minimum atomic E-state index is -4.23. The number of fused-ring (bicyclic) bond motifs is 1. The number of urea groups is 1. The van der Waals surface area contributed by atoms with E-state index in [4.69, 9.17) is 23.2 Å². The third-order valence-corrected chi connectivity index (χ3v) is 10.9. The van der Waals surface area contributed by atoms with Gasteiger partial charge in [0.25, 0.3) is 15.9 Å². The van der Waals surface area contributed by atoms with Crippen LogP contribution in [0.25, 0.3) is 0 Å². The first-order valence-electron chi connectivity index (χ1n) is 13.8. The Bertz CT molecular complexity index is 1810. The normalized spacial score (nSPS) is 22.3. The quantitative estimate of drug-likeness (QED) is 0.394. The highest BCUT2D eigenvalue weighted by Crippen LogP contribution is 2.45. The predicted molar refractivity (Wildman–Crippen MR) is 168 cm³/mol. The molecule has 0 saturated carbocycles. The van der Waals surface area contributed by atoms with Crippen LogP contribution in [-0.2, 0) is 36.4 Å². The molecule has 3 aliphatic heterocycles. The van der Waals surface area contributed by atoms with Crippen molar-refractivity contribution in [2.75, 3.05) is 31.1 Å². The molecule has 2 saturated heterocycles. The molecule has 2 fully saturated rings. The number of benzene rings is 2. The minimum absolute atomic E-state index is 0.0370. The first kappa shape index (κ1) is 31.5. The van der Waals surface area contributed by atoms with Gasteiger partial charge in [-0.05, 0) is 42.8 Å². The number of aromatic nitrogens is 2. The lowest BCUT2D eigenvalue weighted by Crippen LogP contribution is -2.60. The number of imide groups is 1. The molecule has 6 rings (SSSR count). The van der Waals surface area contributed by atoms with Crippen LogP contribution in [0.2, 0.25) is 10.0 Å². The number of imidazole rings is 1. The number of sulfonamides is 1. The van der Waals surface area contributed by atoms with E-state index < -0.39 is 45.4 Å². The zero-order chi connectivity index (χ0) is 32.3. The molecule has 0 bridgehead atoms. The van der Waals surface area contributed by atoms with Crippen LogP contribution in [0.1, 0.15) is 18.9 Å². The molecule has 2 N–H and O–H groups in total. The minimum Gasteiger partial charge on any atom is -0.338 e. The second-order valence-corrected chi connectivity index (χ2v) is 14.8. The maximum absolute atomic E-state index is 14.3. The van der Waals surface area contributed by atoms with Gasteiger partial charge in [-0.2, -0.15) is 4.31 Å². The Balaban J connectivity index is 1.33. The van der Waals surface area contributed by atoms with E-state index in [1.165, 1.54) is 30.9 Å². The number of rotatable bonds is 6. The summed E-state index contributed by atoms with van der Waals surface area (Å²) in [5.41, 5.74) is -0.281. The standard InChI is InChI=1S/C28H26BrCl2N7O6S/c1-28(14-16-2-4-17(29)5-3-16)25(41)37(20-11-18(30)10-19(31)12-20)27-32-15-23(38(27)28)45(43,44)36-8-6-35(7-9-36)24(40)21-13-22(39)34-26(42)33-21/h2-5,10-12,15,21H,6-9,13-14H2,1H3,(H2,33,34,39,42)/t21-,28+/m0/s1. The molecule has 0 radical (unpaired) electrons. The summed E-state index contributed by atoms with van der Waals surface area (Å²) in [6.07, 6.45) is 1.17. The van der Waals surface area contributed by atoms with Gasteiger partial charge in [0.05, 0.1) is 18.3 Å². The molecule has 45 heavy (non-hydrogen) atoms. The monoisotopic (exact) mass is 737 g/mol. The van der Waals surface area contributed by atoms with Crippen molar-refractivity contribution in [1.82, 2.24) is 29.4 Å². The maximum atomic E-state index is 14.3. The van der Waals surface area contributed by atoms with E-state index in [9.17, 15) is 27.6 Å². The van der Waals surface area contributed by atoms with Crippen LogP contribution in [0.4, 0.5) is 16.4 Å². The van der Waals surface area contributed by atoms with Gasteiger partial charge in [0.1, 0.15) is 11.6 Å². The Kier molecular flexibility index (Phi) is 8.18. The van der Waals surface area contributed by atoms with Crippen molar-refractivity contribution in [3.8, 4) is 0 Å². The maximum Gasteiger partial charge on any atom is 0.322 e. The van der Waals surface area contributed by atoms with Crippen LogP contribution in [0.3, 0.4) is 0 Å². The van der Waals surface area contributed by atoms with E-state index >= 15 is 0 Å². The summed E-state index contributed by atoms with van der Waals surface area (Å²) < 4.78 is 31.9. The molecule has 1 aromatic heterocycles. The molecule has 3 aromatic rings. The summed E-state index contributed by atoms with van der Waals surface area (Å²) in [5, 5.41) is 4.91. The third kappa shape index (κ3) is 5.71. The Labute approximate surface area is 276 Å². The first-order valence-corrected chi connectivity index (χ1v) is 16.8. The molecule has 0 aliphatic carbocycles. The zero-order valence-corrected chi connectivity index (χ0v) is 27.6. The molecule has 3 aliphatic rings. The highest BCUT2D eigenvalue weighted by molar-refractivity contribution is 9.10. The average Bonchev–Trinajstić information content (AvgIpc) is 3.51. The van der Waals surface area contributed by atoms with Crippen molar-refractivity contribution in [2.45, 2.75) is 36.4 Å². The summed E-state index contributed by atoms with van der Waals surface area (Å²) in [7, 11) is -4.23. The van der Waals surface area contributed by atoms with Crippen LogP contribution in [0, 0.1) is 0 Å². The van der Waals surface area contributed by atoms with Crippen LogP contribution in [0.15, 0.2) is 58.2 Å². The van der Waals surface area contributed by atoms with Gasteiger partial charge in [0.2, 0.25) is 17.8 Å². The SMILES string of the molecule is C[C@@]1(Cc2ccc(Br)cc2)C(=O)N(c2cc(Cl)cc(Cl)c2)c2ncc(S(=O)(=O)N3CCN(C(=O)[C@@H]4CC(=O)NC(=O)N4)CC3)n21. The lowest BCUT2D eigenvalue weighted by Gasteiger charge is -2.36. The highest BCUT2D eigenvalue weighted by Gasteiger charge is 2.52. The zero-order valence-electron chi connectivity index (χ0n) is 23.7. The van der Waals surface area contributed by atoms with Crippen molar-refractivity contribution in [3.05, 3.63) is 68.7 Å². The van der Waals surface area contributed by atoms with Crippen LogP contribution in [-0.4, -0.2) is 83.1 Å².